The molecule has 134 valence electrons. The highest BCUT2D eigenvalue weighted by molar-refractivity contribution is 6.31. The van der Waals surface area contributed by atoms with E-state index in [0.717, 1.165) is 47.3 Å². The molecule has 0 unspecified atom stereocenters. The van der Waals surface area contributed by atoms with Gasteiger partial charge in [0.15, 0.2) is 0 Å². The van der Waals surface area contributed by atoms with Crippen molar-refractivity contribution in [1.29, 1.82) is 0 Å². The summed E-state index contributed by atoms with van der Waals surface area (Å²) in [6, 6.07) is 10.1. The van der Waals surface area contributed by atoms with Crippen LogP contribution in [-0.4, -0.2) is 27.6 Å². The van der Waals surface area contributed by atoms with Gasteiger partial charge in [-0.25, -0.2) is 9.97 Å². The lowest BCUT2D eigenvalue weighted by atomic mass is 9.97. The predicted molar refractivity (Wildman–Crippen MR) is 106 cm³/mol. The molecule has 4 nitrogen and oxygen atoms in total. The van der Waals surface area contributed by atoms with Gasteiger partial charge in [-0.05, 0) is 61.9 Å². The topological polar surface area (TPSA) is 34.0 Å². The fraction of sp³-hybridized carbons (Fsp3) is 0.429. The Morgan fingerprint density at radius 3 is 2.92 bits per heavy atom. The number of piperidine rings is 1. The lowest BCUT2D eigenvalue weighted by Gasteiger charge is -2.33. The van der Waals surface area contributed by atoms with Crippen molar-refractivity contribution in [2.75, 3.05) is 18.0 Å². The van der Waals surface area contributed by atoms with Crippen LogP contribution in [0.5, 0.6) is 0 Å². The SMILES string of the molecule is Clc1ccc2nc(N3CCC[C@H](c4nccn4CC4CC4)C3)ccc2c1. The molecule has 0 radical (unpaired) electrons. The van der Waals surface area contributed by atoms with Crippen LogP contribution in [-0.2, 0) is 6.54 Å². The Morgan fingerprint density at radius 2 is 2.04 bits per heavy atom. The zero-order chi connectivity index (χ0) is 17.5. The molecule has 0 spiro atoms. The first-order chi connectivity index (χ1) is 12.8. The molecule has 0 bridgehead atoms. The first-order valence-corrected chi connectivity index (χ1v) is 9.96. The summed E-state index contributed by atoms with van der Waals surface area (Å²) in [4.78, 5) is 12.0. The molecule has 1 aliphatic heterocycles. The van der Waals surface area contributed by atoms with Crippen molar-refractivity contribution in [2.45, 2.75) is 38.1 Å². The van der Waals surface area contributed by atoms with Gasteiger partial charge in [0.1, 0.15) is 11.6 Å². The smallest absolute Gasteiger partial charge is 0.129 e. The molecule has 26 heavy (non-hydrogen) atoms. The zero-order valence-electron chi connectivity index (χ0n) is 14.8. The molecule has 1 saturated heterocycles. The van der Waals surface area contributed by atoms with E-state index >= 15 is 0 Å². The van der Waals surface area contributed by atoms with Crippen LogP contribution in [0.25, 0.3) is 10.9 Å². The summed E-state index contributed by atoms with van der Waals surface area (Å²) in [5.41, 5.74) is 1.00. The Morgan fingerprint density at radius 1 is 1.12 bits per heavy atom. The van der Waals surface area contributed by atoms with Gasteiger partial charge in [0.05, 0.1) is 5.52 Å². The highest BCUT2D eigenvalue weighted by Gasteiger charge is 2.28. The van der Waals surface area contributed by atoms with Crippen molar-refractivity contribution in [3.8, 4) is 0 Å². The van der Waals surface area contributed by atoms with E-state index in [9.17, 15) is 0 Å². The van der Waals surface area contributed by atoms with Gasteiger partial charge in [0.2, 0.25) is 0 Å². The molecule has 3 aromatic rings. The van der Waals surface area contributed by atoms with Crippen molar-refractivity contribution >= 4 is 28.3 Å². The zero-order valence-corrected chi connectivity index (χ0v) is 15.6. The number of aromatic nitrogens is 3. The number of anilines is 1. The summed E-state index contributed by atoms with van der Waals surface area (Å²) in [7, 11) is 0. The van der Waals surface area contributed by atoms with Gasteiger partial charge in [-0.2, -0.15) is 0 Å². The van der Waals surface area contributed by atoms with Gasteiger partial charge in [0, 0.05) is 48.4 Å². The van der Waals surface area contributed by atoms with E-state index in [-0.39, 0.29) is 0 Å². The number of imidazole rings is 1. The third kappa shape index (κ3) is 3.18. The number of hydrogen-bond donors (Lipinski definition) is 0. The van der Waals surface area contributed by atoms with E-state index in [1.54, 1.807) is 0 Å². The molecule has 5 rings (SSSR count). The van der Waals surface area contributed by atoms with Crippen molar-refractivity contribution < 1.29 is 0 Å². The summed E-state index contributed by atoms with van der Waals surface area (Å²) >= 11 is 6.09. The van der Waals surface area contributed by atoms with Crippen LogP contribution in [0.4, 0.5) is 5.82 Å². The quantitative estimate of drug-likeness (QED) is 0.660. The molecule has 3 heterocycles. The fourth-order valence-electron chi connectivity index (χ4n) is 4.07. The van der Waals surface area contributed by atoms with Crippen molar-refractivity contribution in [1.82, 2.24) is 14.5 Å². The second-order valence-electron chi connectivity index (χ2n) is 7.67. The summed E-state index contributed by atoms with van der Waals surface area (Å²) in [6.07, 6.45) is 9.26. The monoisotopic (exact) mass is 366 g/mol. The van der Waals surface area contributed by atoms with Crippen molar-refractivity contribution in [3.05, 3.63) is 53.6 Å². The molecular weight excluding hydrogens is 344 g/mol. The molecule has 2 fully saturated rings. The number of fused-ring (bicyclic) bond motifs is 1. The minimum atomic E-state index is 0.486. The van der Waals surface area contributed by atoms with Gasteiger partial charge in [-0.15, -0.1) is 0 Å². The average molecular weight is 367 g/mol. The number of halogens is 1. The molecular formula is C21H23ClN4. The summed E-state index contributed by atoms with van der Waals surface area (Å²) in [6.45, 7) is 3.19. The van der Waals surface area contributed by atoms with E-state index in [1.165, 1.54) is 31.5 Å². The Labute approximate surface area is 158 Å². The standard InChI is InChI=1S/C21H23ClN4/c22-18-6-7-19-16(12-18)5-8-20(24-19)25-10-1-2-17(14-25)21-23-9-11-26(21)13-15-3-4-15/h5-9,11-12,15,17H,1-4,10,13-14H2/t17-/m0/s1. The second-order valence-corrected chi connectivity index (χ2v) is 8.11. The molecule has 0 amide bonds. The average Bonchev–Trinajstić information content (AvgIpc) is 3.36. The van der Waals surface area contributed by atoms with E-state index in [0.29, 0.717) is 5.92 Å². The lowest BCUT2D eigenvalue weighted by Crippen LogP contribution is -2.36. The van der Waals surface area contributed by atoms with Crippen LogP contribution >= 0.6 is 11.6 Å². The summed E-state index contributed by atoms with van der Waals surface area (Å²) in [5, 5.41) is 1.85. The first kappa shape index (κ1) is 16.1. The number of hydrogen-bond acceptors (Lipinski definition) is 3. The number of rotatable bonds is 4. The Kier molecular flexibility index (Phi) is 4.08. The largest absolute Gasteiger partial charge is 0.356 e. The number of pyridine rings is 1. The fourth-order valence-corrected chi connectivity index (χ4v) is 4.25. The maximum Gasteiger partial charge on any atom is 0.129 e. The summed E-state index contributed by atoms with van der Waals surface area (Å²) < 4.78 is 2.39. The van der Waals surface area contributed by atoms with Crippen LogP contribution < -0.4 is 4.90 Å². The van der Waals surface area contributed by atoms with E-state index in [2.05, 4.69) is 27.8 Å². The van der Waals surface area contributed by atoms with Crippen LogP contribution in [0.15, 0.2) is 42.7 Å². The van der Waals surface area contributed by atoms with Crippen LogP contribution in [0.3, 0.4) is 0 Å². The van der Waals surface area contributed by atoms with Crippen molar-refractivity contribution in [2.24, 2.45) is 5.92 Å². The molecule has 0 N–H and O–H groups in total. The highest BCUT2D eigenvalue weighted by atomic mass is 35.5. The van der Waals surface area contributed by atoms with Gasteiger partial charge in [-0.3, -0.25) is 0 Å². The molecule has 5 heteroatoms. The molecule has 1 aliphatic carbocycles. The molecule has 2 aliphatic rings. The third-order valence-corrected chi connectivity index (χ3v) is 5.88. The van der Waals surface area contributed by atoms with E-state index in [1.807, 2.05) is 24.4 Å². The minimum Gasteiger partial charge on any atom is -0.356 e. The Hall–Kier alpha value is -2.07. The van der Waals surface area contributed by atoms with E-state index < -0.39 is 0 Å². The van der Waals surface area contributed by atoms with Gasteiger partial charge >= 0.3 is 0 Å². The normalized spacial score (nSPS) is 20.7. The number of benzene rings is 1. The van der Waals surface area contributed by atoms with E-state index in [4.69, 9.17) is 21.6 Å². The lowest BCUT2D eigenvalue weighted by molar-refractivity contribution is 0.462. The Bertz CT molecular complexity index is 931. The number of nitrogens with zero attached hydrogens (tertiary/aromatic N) is 4. The van der Waals surface area contributed by atoms with Gasteiger partial charge in [-0.1, -0.05) is 11.6 Å². The Balaban J connectivity index is 1.38. The predicted octanol–water partition coefficient (Wildman–Crippen LogP) is 4.88. The molecule has 1 saturated carbocycles. The van der Waals surface area contributed by atoms with Crippen LogP contribution in [0.1, 0.15) is 37.4 Å². The van der Waals surface area contributed by atoms with Gasteiger partial charge < -0.3 is 9.47 Å². The third-order valence-electron chi connectivity index (χ3n) is 5.65. The second kappa shape index (κ2) is 6.58. The van der Waals surface area contributed by atoms with Crippen molar-refractivity contribution in [3.63, 3.8) is 0 Å². The molecule has 1 aromatic carbocycles. The minimum absolute atomic E-state index is 0.486. The first-order valence-electron chi connectivity index (χ1n) is 9.58. The maximum atomic E-state index is 6.09. The molecule has 2 aromatic heterocycles. The van der Waals surface area contributed by atoms with Crippen LogP contribution in [0, 0.1) is 5.92 Å². The van der Waals surface area contributed by atoms with Gasteiger partial charge in [0.25, 0.3) is 0 Å². The highest BCUT2D eigenvalue weighted by Crippen LogP contribution is 2.34. The van der Waals surface area contributed by atoms with Crippen LogP contribution in [0.2, 0.25) is 5.02 Å². The maximum absolute atomic E-state index is 6.09. The summed E-state index contributed by atoms with van der Waals surface area (Å²) in [5.74, 6) is 3.68. The molecule has 1 atom stereocenters.